The van der Waals surface area contributed by atoms with E-state index in [1.54, 1.807) is 21.6 Å². The van der Waals surface area contributed by atoms with Gasteiger partial charge in [-0.1, -0.05) is 36.4 Å². The van der Waals surface area contributed by atoms with Crippen LogP contribution in [0, 0.1) is 7.05 Å². The minimum absolute atomic E-state index is 0.135. The van der Waals surface area contributed by atoms with Crippen LogP contribution in [0.2, 0.25) is 0 Å². The minimum Gasteiger partial charge on any atom is -0.508 e. The van der Waals surface area contributed by atoms with E-state index in [1.165, 1.54) is 6.92 Å². The number of likely N-dealkylation sites (tertiary alicyclic amines) is 1. The van der Waals surface area contributed by atoms with Gasteiger partial charge in [-0.25, -0.2) is 0 Å². The molecule has 6 heteroatoms. The molecular weight excluding hydrogens is 402 g/mol. The van der Waals surface area contributed by atoms with Gasteiger partial charge in [0, 0.05) is 41.4 Å². The molecule has 2 amide bonds. The predicted octanol–water partition coefficient (Wildman–Crippen LogP) is 4.36. The van der Waals surface area contributed by atoms with Gasteiger partial charge in [-0.3, -0.25) is 9.59 Å². The third kappa shape index (κ3) is 3.28. The number of nitrogens with one attached hydrogen (secondary N) is 1. The van der Waals surface area contributed by atoms with E-state index < -0.39 is 6.04 Å². The van der Waals surface area contributed by atoms with E-state index in [9.17, 15) is 14.7 Å². The fraction of sp³-hybridized carbons (Fsp3) is 0.192. The molecule has 1 aliphatic rings. The van der Waals surface area contributed by atoms with Crippen molar-refractivity contribution < 1.29 is 14.7 Å². The van der Waals surface area contributed by atoms with E-state index in [0.717, 1.165) is 27.4 Å². The van der Waals surface area contributed by atoms with Crippen molar-refractivity contribution in [1.29, 1.82) is 0 Å². The van der Waals surface area contributed by atoms with Crippen LogP contribution < -0.4 is 5.32 Å². The molecular formula is C26H23N3O3. The van der Waals surface area contributed by atoms with E-state index in [0.29, 0.717) is 18.7 Å². The number of carbonyl (C=O) groups is 2. The molecule has 0 bridgehead atoms. The molecule has 6 nitrogen and oxygen atoms in total. The lowest BCUT2D eigenvalue weighted by Gasteiger charge is -2.26. The quantitative estimate of drug-likeness (QED) is 0.512. The molecule has 3 aromatic carbocycles. The third-order valence-corrected chi connectivity index (χ3v) is 6.37. The molecule has 32 heavy (non-hydrogen) atoms. The first-order chi connectivity index (χ1) is 15.4. The topological polar surface area (TPSA) is 74.6 Å². The first kappa shape index (κ1) is 20.1. The first-order valence-electron chi connectivity index (χ1n) is 10.6. The Morgan fingerprint density at radius 3 is 2.47 bits per heavy atom. The van der Waals surface area contributed by atoms with Gasteiger partial charge in [0.2, 0.25) is 11.8 Å². The number of amides is 2. The van der Waals surface area contributed by atoms with Crippen LogP contribution in [-0.4, -0.2) is 39.0 Å². The minimum atomic E-state index is -0.628. The molecule has 2 radical (unpaired) electrons. The molecule has 1 saturated heterocycles. The molecule has 160 valence electrons. The molecule has 1 fully saturated rings. The Morgan fingerprint density at radius 1 is 1.00 bits per heavy atom. The molecule has 1 aromatic heterocycles. The average Bonchev–Trinajstić information content (AvgIpc) is 3.35. The molecule has 2 heterocycles. The third-order valence-electron chi connectivity index (χ3n) is 6.37. The molecule has 1 unspecified atom stereocenters. The molecule has 1 aliphatic heterocycles. The fourth-order valence-corrected chi connectivity index (χ4v) is 4.83. The van der Waals surface area contributed by atoms with Crippen molar-refractivity contribution in [3.63, 3.8) is 0 Å². The summed E-state index contributed by atoms with van der Waals surface area (Å²) in [7, 11) is 6.30. The smallest absolute Gasteiger partial charge is 0.247 e. The number of hydrogen-bond donors (Lipinski definition) is 2. The Balaban J connectivity index is 1.48. The van der Waals surface area contributed by atoms with Gasteiger partial charge >= 0.3 is 0 Å². The van der Waals surface area contributed by atoms with Crippen molar-refractivity contribution in [2.75, 3.05) is 11.9 Å². The monoisotopic (exact) mass is 425 g/mol. The number of para-hydroxylation sites is 1. The summed E-state index contributed by atoms with van der Waals surface area (Å²) in [6.45, 7) is 1.99. The van der Waals surface area contributed by atoms with Crippen molar-refractivity contribution in [2.45, 2.75) is 25.3 Å². The number of fused-ring (bicyclic) bond motifs is 3. The Labute approximate surface area is 186 Å². The SMILES string of the molecule is [CH]n1c2ccccc2c2ccc(NC(=O)[C@@H]3C(c4ccc(O)cc4)CCN3C(C)=O)cc21. The molecule has 5 rings (SSSR count). The molecule has 0 spiro atoms. The highest BCUT2D eigenvalue weighted by Gasteiger charge is 2.41. The zero-order chi connectivity index (χ0) is 22.4. The second kappa shape index (κ2) is 7.71. The number of phenols is 1. The van der Waals surface area contributed by atoms with Crippen LogP contribution in [0.5, 0.6) is 5.75 Å². The van der Waals surface area contributed by atoms with E-state index in [1.807, 2.05) is 54.6 Å². The van der Waals surface area contributed by atoms with Crippen LogP contribution in [0.3, 0.4) is 0 Å². The molecule has 0 aliphatic carbocycles. The zero-order valence-electron chi connectivity index (χ0n) is 17.7. The lowest BCUT2D eigenvalue weighted by atomic mass is 9.91. The van der Waals surface area contributed by atoms with Crippen molar-refractivity contribution in [3.8, 4) is 5.75 Å². The maximum atomic E-state index is 13.4. The number of nitrogens with zero attached hydrogens (tertiary/aromatic N) is 2. The number of carbonyl (C=O) groups excluding carboxylic acids is 2. The lowest BCUT2D eigenvalue weighted by Crippen LogP contribution is -2.44. The zero-order valence-corrected chi connectivity index (χ0v) is 17.7. The van der Waals surface area contributed by atoms with E-state index in [4.69, 9.17) is 7.05 Å². The Kier molecular flexibility index (Phi) is 4.85. The largest absolute Gasteiger partial charge is 0.508 e. The van der Waals surface area contributed by atoms with Gasteiger partial charge in [0.25, 0.3) is 0 Å². The van der Waals surface area contributed by atoms with Gasteiger partial charge in [0.1, 0.15) is 11.8 Å². The molecule has 4 aromatic rings. The number of aromatic hydroxyl groups is 1. The number of hydrogen-bond acceptors (Lipinski definition) is 3. The van der Waals surface area contributed by atoms with Gasteiger partial charge in [-0.15, -0.1) is 0 Å². The van der Waals surface area contributed by atoms with Gasteiger partial charge in [0.05, 0.1) is 12.6 Å². The van der Waals surface area contributed by atoms with Crippen LogP contribution in [-0.2, 0) is 9.59 Å². The highest BCUT2D eigenvalue weighted by molar-refractivity contribution is 6.10. The van der Waals surface area contributed by atoms with E-state index in [2.05, 4.69) is 5.32 Å². The second-order valence-electron chi connectivity index (χ2n) is 8.25. The van der Waals surface area contributed by atoms with Crippen molar-refractivity contribution in [2.24, 2.45) is 0 Å². The number of benzene rings is 3. The van der Waals surface area contributed by atoms with Crippen molar-refractivity contribution >= 4 is 39.3 Å². The van der Waals surface area contributed by atoms with Crippen LogP contribution >= 0.6 is 0 Å². The van der Waals surface area contributed by atoms with Gasteiger partial charge < -0.3 is 19.9 Å². The molecule has 0 saturated carbocycles. The Morgan fingerprint density at radius 2 is 1.72 bits per heavy atom. The second-order valence-corrected chi connectivity index (χ2v) is 8.25. The summed E-state index contributed by atoms with van der Waals surface area (Å²) in [5.41, 5.74) is 3.27. The van der Waals surface area contributed by atoms with Crippen molar-refractivity contribution in [3.05, 3.63) is 79.3 Å². The van der Waals surface area contributed by atoms with Crippen LogP contribution in [0.1, 0.15) is 24.8 Å². The lowest BCUT2D eigenvalue weighted by molar-refractivity contribution is -0.135. The highest BCUT2D eigenvalue weighted by Crippen LogP contribution is 2.36. The normalized spacial score (nSPS) is 18.4. The number of phenolic OH excluding ortho intramolecular Hbond substituents is 1. The summed E-state index contributed by atoms with van der Waals surface area (Å²) in [5.74, 6) is -0.357. The van der Waals surface area contributed by atoms with E-state index in [-0.39, 0.29) is 23.5 Å². The van der Waals surface area contributed by atoms with Crippen LogP contribution in [0.25, 0.3) is 21.8 Å². The maximum absolute atomic E-state index is 13.4. The van der Waals surface area contributed by atoms with Gasteiger partial charge in [0.15, 0.2) is 0 Å². The molecule has 2 atom stereocenters. The van der Waals surface area contributed by atoms with Crippen LogP contribution in [0.15, 0.2) is 66.7 Å². The Bertz CT molecular complexity index is 1340. The summed E-state index contributed by atoms with van der Waals surface area (Å²) in [6.07, 6.45) is 0.679. The van der Waals surface area contributed by atoms with Gasteiger partial charge in [-0.05, 0) is 42.3 Å². The van der Waals surface area contributed by atoms with E-state index >= 15 is 0 Å². The summed E-state index contributed by atoms with van der Waals surface area (Å²) in [6, 6.07) is 19.7. The summed E-state index contributed by atoms with van der Waals surface area (Å²) >= 11 is 0. The molecule has 2 N–H and O–H groups in total. The number of rotatable bonds is 3. The van der Waals surface area contributed by atoms with Gasteiger partial charge in [-0.2, -0.15) is 0 Å². The fourth-order valence-electron chi connectivity index (χ4n) is 4.83. The average molecular weight is 425 g/mol. The van der Waals surface area contributed by atoms with Crippen LogP contribution in [0.4, 0.5) is 5.69 Å². The van der Waals surface area contributed by atoms with Crippen molar-refractivity contribution in [1.82, 2.24) is 9.47 Å². The summed E-state index contributed by atoms with van der Waals surface area (Å²) in [5, 5.41) is 14.7. The summed E-state index contributed by atoms with van der Waals surface area (Å²) < 4.78 is 1.62. The highest BCUT2D eigenvalue weighted by atomic mass is 16.3. The maximum Gasteiger partial charge on any atom is 0.247 e. The first-order valence-corrected chi connectivity index (χ1v) is 10.6. The standard InChI is InChI=1S/C26H23N3O3/c1-16(30)29-14-13-20(17-7-10-19(31)11-8-17)25(29)26(32)27-18-9-12-22-21-5-3-4-6-23(21)28(2)24(22)15-18/h2-12,15,20,25,31H,13-14H2,1H3,(H,27,32)/t20?,25-/m0/s1. The number of anilines is 1. The predicted molar refractivity (Wildman–Crippen MR) is 124 cm³/mol. The number of aromatic nitrogens is 1. The summed E-state index contributed by atoms with van der Waals surface area (Å²) in [4.78, 5) is 27.2. The Hall–Kier alpha value is -3.80.